The second kappa shape index (κ2) is 7.07. The summed E-state index contributed by atoms with van der Waals surface area (Å²) >= 11 is 0. The van der Waals surface area contributed by atoms with E-state index in [4.69, 9.17) is 4.74 Å². The number of benzene rings is 1. The summed E-state index contributed by atoms with van der Waals surface area (Å²) < 4.78 is 5.95. The van der Waals surface area contributed by atoms with Crippen LogP contribution in [0.4, 0.5) is 0 Å². The maximum absolute atomic E-state index is 12.4. The number of pyridine rings is 1. The van der Waals surface area contributed by atoms with Crippen LogP contribution in [0, 0.1) is 0 Å². The van der Waals surface area contributed by atoms with Gasteiger partial charge in [-0.15, -0.1) is 0 Å². The van der Waals surface area contributed by atoms with Crippen molar-refractivity contribution in [1.29, 1.82) is 0 Å². The quantitative estimate of drug-likeness (QED) is 0.871. The van der Waals surface area contributed by atoms with Gasteiger partial charge in [-0.3, -0.25) is 9.78 Å². The molecule has 0 N–H and O–H groups in total. The number of amides is 1. The van der Waals surface area contributed by atoms with E-state index in [1.165, 1.54) is 0 Å². The largest absolute Gasteiger partial charge is 0.488 e. The molecule has 0 unspecified atom stereocenters. The lowest BCUT2D eigenvalue weighted by molar-refractivity contribution is -0.133. The van der Waals surface area contributed by atoms with Crippen molar-refractivity contribution in [3.63, 3.8) is 0 Å². The van der Waals surface area contributed by atoms with Gasteiger partial charge in [0.25, 0.3) is 0 Å². The second-order valence-corrected chi connectivity index (χ2v) is 5.57. The number of hydrogen-bond acceptors (Lipinski definition) is 3. The molecule has 4 heteroatoms. The molecule has 0 spiro atoms. The van der Waals surface area contributed by atoms with E-state index in [-0.39, 0.29) is 12.0 Å². The van der Waals surface area contributed by atoms with E-state index < -0.39 is 0 Å². The van der Waals surface area contributed by atoms with Crippen LogP contribution in [-0.4, -0.2) is 35.0 Å². The van der Waals surface area contributed by atoms with Crippen LogP contribution < -0.4 is 4.74 Å². The lowest BCUT2D eigenvalue weighted by atomic mass is 10.1. The third-order valence-electron chi connectivity index (χ3n) is 3.88. The molecule has 1 fully saturated rings. The van der Waals surface area contributed by atoms with Crippen molar-refractivity contribution in [2.24, 2.45) is 0 Å². The number of carbonyl (C=O) groups excluding carboxylic acids is 1. The summed E-state index contributed by atoms with van der Waals surface area (Å²) in [5.41, 5.74) is 1.06. The molecule has 0 saturated carbocycles. The summed E-state index contributed by atoms with van der Waals surface area (Å²) in [6.07, 6.45) is 5.93. The zero-order chi connectivity index (χ0) is 15.2. The van der Waals surface area contributed by atoms with E-state index in [0.29, 0.717) is 13.0 Å². The fraction of sp³-hybridized carbons (Fsp3) is 0.333. The first-order chi connectivity index (χ1) is 10.8. The highest BCUT2D eigenvalue weighted by Gasteiger charge is 2.24. The van der Waals surface area contributed by atoms with Gasteiger partial charge in [-0.25, -0.2) is 0 Å². The lowest BCUT2D eigenvalue weighted by Gasteiger charge is -2.33. The van der Waals surface area contributed by atoms with Crippen LogP contribution in [0.15, 0.2) is 54.9 Å². The zero-order valence-corrected chi connectivity index (χ0v) is 12.5. The van der Waals surface area contributed by atoms with Crippen LogP contribution in [0.5, 0.6) is 5.75 Å². The molecule has 1 aliphatic rings. The van der Waals surface area contributed by atoms with Crippen LogP contribution >= 0.6 is 0 Å². The van der Waals surface area contributed by atoms with Crippen LogP contribution in [0.3, 0.4) is 0 Å². The minimum atomic E-state index is 0.0656. The summed E-state index contributed by atoms with van der Waals surface area (Å²) in [5, 5.41) is 0. The number of ether oxygens (including phenoxy) is 1. The first-order valence-electron chi connectivity index (χ1n) is 7.69. The summed E-state index contributed by atoms with van der Waals surface area (Å²) in [7, 11) is 0. The number of hydrogen-bond donors (Lipinski definition) is 0. The molecule has 3 rings (SSSR count). The molecule has 0 aliphatic carbocycles. The second-order valence-electron chi connectivity index (χ2n) is 5.57. The predicted octanol–water partition coefficient (Wildman–Crippen LogP) is 2.69. The fourth-order valence-electron chi connectivity index (χ4n) is 2.75. The Hall–Kier alpha value is -2.36. The standard InChI is InChI=1S/C18H20N2O2/c21-18(13-15-5-2-1-3-6-15)20-12-4-7-17(14-20)22-16-8-10-19-11-9-16/h1-3,5-6,8-11,17H,4,7,12-14H2/t17-/m1/s1. The highest BCUT2D eigenvalue weighted by atomic mass is 16.5. The van der Waals surface area contributed by atoms with Crippen LogP contribution in [-0.2, 0) is 11.2 Å². The van der Waals surface area contributed by atoms with E-state index in [1.807, 2.05) is 47.4 Å². The van der Waals surface area contributed by atoms with Crippen LogP contribution in [0.2, 0.25) is 0 Å². The molecule has 4 nitrogen and oxygen atoms in total. The van der Waals surface area contributed by atoms with Gasteiger partial charge in [-0.05, 0) is 30.5 Å². The van der Waals surface area contributed by atoms with Gasteiger partial charge in [0.15, 0.2) is 0 Å². The van der Waals surface area contributed by atoms with Crippen molar-refractivity contribution in [3.05, 3.63) is 60.4 Å². The topological polar surface area (TPSA) is 42.4 Å². The minimum Gasteiger partial charge on any atom is -0.488 e. The number of likely N-dealkylation sites (tertiary alicyclic amines) is 1. The normalized spacial score (nSPS) is 18.0. The van der Waals surface area contributed by atoms with E-state index in [2.05, 4.69) is 4.98 Å². The molecule has 0 bridgehead atoms. The Morgan fingerprint density at radius 1 is 1.18 bits per heavy atom. The van der Waals surface area contributed by atoms with Crippen molar-refractivity contribution in [3.8, 4) is 5.75 Å². The molecular formula is C18H20N2O2. The van der Waals surface area contributed by atoms with Gasteiger partial charge < -0.3 is 9.64 Å². The van der Waals surface area contributed by atoms with E-state index in [0.717, 1.165) is 30.7 Å². The monoisotopic (exact) mass is 296 g/mol. The first-order valence-corrected chi connectivity index (χ1v) is 7.69. The third kappa shape index (κ3) is 3.85. The van der Waals surface area contributed by atoms with Gasteiger partial charge in [-0.1, -0.05) is 30.3 Å². The maximum atomic E-state index is 12.4. The molecule has 2 aromatic rings. The average molecular weight is 296 g/mol. The summed E-state index contributed by atoms with van der Waals surface area (Å²) in [5.74, 6) is 0.992. The van der Waals surface area contributed by atoms with Crippen molar-refractivity contribution in [2.75, 3.05) is 13.1 Å². The Balaban J connectivity index is 1.57. The lowest BCUT2D eigenvalue weighted by Crippen LogP contribution is -2.45. The number of nitrogens with zero attached hydrogens (tertiary/aromatic N) is 2. The highest BCUT2D eigenvalue weighted by molar-refractivity contribution is 5.78. The Labute approximate surface area is 130 Å². The summed E-state index contributed by atoms with van der Waals surface area (Å²) in [4.78, 5) is 18.3. The van der Waals surface area contributed by atoms with Gasteiger partial charge in [0, 0.05) is 18.9 Å². The Bertz CT molecular complexity index is 601. The number of rotatable bonds is 4. The molecule has 1 aromatic heterocycles. The van der Waals surface area contributed by atoms with Gasteiger partial charge in [0.2, 0.25) is 5.91 Å². The molecule has 1 atom stereocenters. The predicted molar refractivity (Wildman–Crippen MR) is 84.6 cm³/mol. The molecule has 1 aliphatic heterocycles. The fourth-order valence-corrected chi connectivity index (χ4v) is 2.75. The first kappa shape index (κ1) is 14.6. The van der Waals surface area contributed by atoms with E-state index in [1.54, 1.807) is 12.4 Å². The summed E-state index contributed by atoms with van der Waals surface area (Å²) in [6.45, 7) is 1.48. The van der Waals surface area contributed by atoms with Gasteiger partial charge in [0.1, 0.15) is 11.9 Å². The van der Waals surface area contributed by atoms with Gasteiger partial charge >= 0.3 is 0 Å². The van der Waals surface area contributed by atoms with Crippen LogP contribution in [0.1, 0.15) is 18.4 Å². The molecule has 1 amide bonds. The number of carbonyl (C=O) groups is 1. The Kier molecular flexibility index (Phi) is 4.68. The Morgan fingerprint density at radius 2 is 1.95 bits per heavy atom. The molecule has 114 valence electrons. The zero-order valence-electron chi connectivity index (χ0n) is 12.5. The molecule has 22 heavy (non-hydrogen) atoms. The number of piperidine rings is 1. The molecular weight excluding hydrogens is 276 g/mol. The summed E-state index contributed by atoms with van der Waals surface area (Å²) in [6, 6.07) is 13.6. The average Bonchev–Trinajstić information content (AvgIpc) is 2.57. The van der Waals surface area contributed by atoms with Gasteiger partial charge in [0.05, 0.1) is 13.0 Å². The molecule has 0 radical (unpaired) electrons. The van der Waals surface area contributed by atoms with Crippen LogP contribution in [0.25, 0.3) is 0 Å². The van der Waals surface area contributed by atoms with Crippen molar-refractivity contribution < 1.29 is 9.53 Å². The highest BCUT2D eigenvalue weighted by Crippen LogP contribution is 2.18. The molecule has 1 aromatic carbocycles. The van der Waals surface area contributed by atoms with E-state index in [9.17, 15) is 4.79 Å². The van der Waals surface area contributed by atoms with Crippen molar-refractivity contribution in [1.82, 2.24) is 9.88 Å². The van der Waals surface area contributed by atoms with Crippen molar-refractivity contribution >= 4 is 5.91 Å². The third-order valence-corrected chi connectivity index (χ3v) is 3.88. The smallest absolute Gasteiger partial charge is 0.227 e. The van der Waals surface area contributed by atoms with E-state index >= 15 is 0 Å². The minimum absolute atomic E-state index is 0.0656. The molecule has 1 saturated heterocycles. The maximum Gasteiger partial charge on any atom is 0.227 e. The Morgan fingerprint density at radius 3 is 2.73 bits per heavy atom. The van der Waals surface area contributed by atoms with Crippen molar-refractivity contribution in [2.45, 2.75) is 25.4 Å². The number of aromatic nitrogens is 1. The van der Waals surface area contributed by atoms with Gasteiger partial charge in [-0.2, -0.15) is 0 Å². The molecule has 2 heterocycles. The SMILES string of the molecule is O=C(Cc1ccccc1)N1CCC[C@@H](Oc2ccncc2)C1.